The Morgan fingerprint density at radius 3 is 1.83 bits per heavy atom. The summed E-state index contributed by atoms with van der Waals surface area (Å²) in [4.78, 5) is 2.31. The SMILES string of the molecule is CC1(C)CC(/C=C/c2ccc(N(CCO[Si](C)(C)C(C)(C)C)CCO[Si](C)(C)C(C)(C)C)cc2)=C(O)C(=C\C=C\C2=C(C#N)C(=C(C#N)C#N)OC2(c2ccccc2)C(F)(F)F)/C1. The number of ether oxygens (including phenoxy) is 1. The third kappa shape index (κ3) is 11.5. The molecule has 2 aromatic carbocycles. The van der Waals surface area contributed by atoms with Crippen molar-refractivity contribution in [2.75, 3.05) is 31.2 Å². The first kappa shape index (κ1) is 50.5. The van der Waals surface area contributed by atoms with E-state index in [4.69, 9.17) is 13.6 Å². The molecule has 2 aliphatic rings. The molecule has 0 saturated heterocycles. The van der Waals surface area contributed by atoms with Gasteiger partial charge in [0.25, 0.3) is 5.60 Å². The zero-order chi connectivity index (χ0) is 47.2. The van der Waals surface area contributed by atoms with E-state index in [0.29, 0.717) is 50.3 Å². The smallest absolute Gasteiger partial charge is 0.437 e. The van der Waals surface area contributed by atoms with E-state index >= 15 is 13.2 Å². The highest BCUT2D eigenvalue weighted by Crippen LogP contribution is 2.56. The summed E-state index contributed by atoms with van der Waals surface area (Å²) >= 11 is 0. The van der Waals surface area contributed by atoms with Gasteiger partial charge in [0.05, 0.1) is 13.2 Å². The molecule has 336 valence electrons. The van der Waals surface area contributed by atoms with Gasteiger partial charge in [-0.1, -0.05) is 128 Å². The van der Waals surface area contributed by atoms with Gasteiger partial charge in [-0.3, -0.25) is 0 Å². The van der Waals surface area contributed by atoms with Crippen LogP contribution < -0.4 is 4.90 Å². The van der Waals surface area contributed by atoms with Crippen LogP contribution in [0.15, 0.2) is 118 Å². The van der Waals surface area contributed by atoms with Gasteiger partial charge in [-0.25, -0.2) is 0 Å². The molecule has 2 aromatic rings. The molecule has 0 saturated carbocycles. The van der Waals surface area contributed by atoms with E-state index in [1.807, 2.05) is 38.1 Å². The van der Waals surface area contributed by atoms with Crippen molar-refractivity contribution in [3.05, 3.63) is 129 Å². The Labute approximate surface area is 375 Å². The van der Waals surface area contributed by atoms with Crippen LogP contribution in [-0.2, 0) is 19.2 Å². The average Bonchev–Trinajstić information content (AvgIpc) is 3.53. The monoisotopic (exact) mass is 896 g/mol. The first-order valence-corrected chi connectivity index (χ1v) is 27.1. The van der Waals surface area contributed by atoms with Crippen molar-refractivity contribution < 1.29 is 31.9 Å². The highest BCUT2D eigenvalue weighted by atomic mass is 28.4. The third-order valence-corrected chi connectivity index (χ3v) is 21.9. The topological polar surface area (TPSA) is 123 Å². The van der Waals surface area contributed by atoms with Crippen LogP contribution in [0.4, 0.5) is 18.9 Å². The molecule has 0 spiro atoms. The molecule has 1 aliphatic heterocycles. The summed E-state index contributed by atoms with van der Waals surface area (Å²) in [5.41, 5.74) is -2.61. The fraction of sp³-hybridized carbons (Fsp3) is 0.460. The minimum Gasteiger partial charge on any atom is -0.507 e. The van der Waals surface area contributed by atoms with Gasteiger partial charge in [0.2, 0.25) is 0 Å². The van der Waals surface area contributed by atoms with Crippen molar-refractivity contribution in [1.29, 1.82) is 15.8 Å². The van der Waals surface area contributed by atoms with E-state index in [9.17, 15) is 20.9 Å². The minimum atomic E-state index is -5.11. The number of nitrogens with zero attached hydrogens (tertiary/aromatic N) is 4. The summed E-state index contributed by atoms with van der Waals surface area (Å²) in [5.74, 6) is -0.724. The van der Waals surface area contributed by atoms with E-state index in [1.165, 1.54) is 36.4 Å². The van der Waals surface area contributed by atoms with E-state index in [0.717, 1.165) is 17.3 Å². The van der Waals surface area contributed by atoms with Gasteiger partial charge in [-0.2, -0.15) is 29.0 Å². The van der Waals surface area contributed by atoms with E-state index < -0.39 is 50.9 Å². The maximum absolute atomic E-state index is 15.3. The van der Waals surface area contributed by atoms with Gasteiger partial charge in [-0.05, 0) is 83.4 Å². The van der Waals surface area contributed by atoms with Crippen LogP contribution in [0.5, 0.6) is 0 Å². The molecule has 1 unspecified atom stereocenters. The van der Waals surface area contributed by atoms with Gasteiger partial charge in [-0.15, -0.1) is 0 Å². The fourth-order valence-electron chi connectivity index (χ4n) is 7.05. The molecule has 1 N–H and O–H groups in total. The second-order valence-corrected chi connectivity index (χ2v) is 29.7. The van der Waals surface area contributed by atoms with Crippen LogP contribution in [-0.4, -0.2) is 54.2 Å². The molecule has 63 heavy (non-hydrogen) atoms. The lowest BCUT2D eigenvalue weighted by Crippen LogP contribution is -2.44. The van der Waals surface area contributed by atoms with Gasteiger partial charge >= 0.3 is 6.18 Å². The lowest BCUT2D eigenvalue weighted by Gasteiger charge is -2.38. The number of aliphatic hydroxyl groups excluding tert-OH is 1. The number of hydrogen-bond acceptors (Lipinski definition) is 8. The summed E-state index contributed by atoms with van der Waals surface area (Å²) in [7, 11) is -3.88. The zero-order valence-electron chi connectivity index (χ0n) is 38.9. The molecule has 1 heterocycles. The van der Waals surface area contributed by atoms with E-state index in [2.05, 4.69) is 84.8 Å². The normalized spacial score (nSPS) is 19.4. The van der Waals surface area contributed by atoms with E-state index in [1.54, 1.807) is 24.3 Å². The van der Waals surface area contributed by atoms with Crippen LogP contribution in [0.1, 0.15) is 79.4 Å². The molecule has 8 nitrogen and oxygen atoms in total. The summed E-state index contributed by atoms with van der Waals surface area (Å²) < 4.78 is 64.4. The highest BCUT2D eigenvalue weighted by molar-refractivity contribution is 6.74. The van der Waals surface area contributed by atoms with Gasteiger partial charge in [0.15, 0.2) is 28.0 Å². The lowest BCUT2D eigenvalue weighted by atomic mass is 9.74. The maximum Gasteiger partial charge on any atom is 0.437 e. The molecular weight excluding hydrogens is 834 g/mol. The predicted octanol–water partition coefficient (Wildman–Crippen LogP) is 13.3. The third-order valence-electron chi connectivity index (χ3n) is 12.8. The Kier molecular flexibility index (Phi) is 15.5. The summed E-state index contributed by atoms with van der Waals surface area (Å²) in [5, 5.41) is 41.0. The predicted molar refractivity (Wildman–Crippen MR) is 250 cm³/mol. The van der Waals surface area contributed by atoms with Gasteiger partial charge < -0.3 is 23.6 Å². The standard InChI is InChI=1S/C50H63F3N4O4Si2/c1-46(2,3)62(9,10)59-29-27-57(28-30-60-63(11,12)47(4,5)6)41-25-22-36(23-26-41)21-24-38-32-48(7,8)31-37(44(38)58)17-16-20-43-42(35-56)45(39(33-54)34-55)61-49(43,50(51,52)53)40-18-14-13-15-19-40/h13-26,58H,27-32H2,1-12H3/b20-16+,24-21+,37-17-. The zero-order valence-corrected chi connectivity index (χ0v) is 40.9. The number of aliphatic hydroxyl groups is 1. The molecule has 13 heteroatoms. The number of rotatable bonds is 14. The summed E-state index contributed by atoms with van der Waals surface area (Å²) in [6.07, 6.45) is 3.65. The van der Waals surface area contributed by atoms with Crippen LogP contribution in [0.2, 0.25) is 36.3 Å². The molecular formula is C50H63F3N4O4Si2. The number of hydrogen-bond donors (Lipinski definition) is 1. The van der Waals surface area contributed by atoms with Gasteiger partial charge in [0.1, 0.15) is 29.5 Å². The summed E-state index contributed by atoms with van der Waals surface area (Å²) in [6, 6.07) is 19.9. The van der Waals surface area contributed by atoms with Crippen molar-refractivity contribution >= 4 is 28.4 Å². The molecule has 0 amide bonds. The number of benzene rings is 2. The van der Waals surface area contributed by atoms with Crippen molar-refractivity contribution in [2.24, 2.45) is 5.41 Å². The van der Waals surface area contributed by atoms with Gasteiger partial charge in [0, 0.05) is 29.9 Å². The second kappa shape index (κ2) is 19.3. The van der Waals surface area contributed by atoms with Crippen molar-refractivity contribution in [1.82, 2.24) is 0 Å². The summed E-state index contributed by atoms with van der Waals surface area (Å²) in [6.45, 7) is 29.2. The van der Waals surface area contributed by atoms with Crippen LogP contribution in [0.3, 0.4) is 0 Å². The van der Waals surface area contributed by atoms with Crippen molar-refractivity contribution in [3.63, 3.8) is 0 Å². The van der Waals surface area contributed by atoms with E-state index in [-0.39, 0.29) is 26.8 Å². The minimum absolute atomic E-state index is 0.0145. The lowest BCUT2D eigenvalue weighted by molar-refractivity contribution is -0.249. The second-order valence-electron chi connectivity index (χ2n) is 20.0. The molecule has 0 aromatic heterocycles. The fourth-order valence-corrected chi connectivity index (χ4v) is 9.12. The highest BCUT2D eigenvalue weighted by Gasteiger charge is 2.65. The Bertz CT molecular complexity index is 2260. The molecule has 1 aliphatic carbocycles. The Morgan fingerprint density at radius 1 is 0.810 bits per heavy atom. The Hall–Kier alpha value is -5.11. The quantitative estimate of drug-likeness (QED) is 0.147. The number of alkyl halides is 3. The number of nitriles is 3. The number of anilines is 1. The molecule has 0 radical (unpaired) electrons. The Balaban J connectivity index is 1.67. The molecule has 0 bridgehead atoms. The average molecular weight is 897 g/mol. The molecule has 0 fully saturated rings. The van der Waals surface area contributed by atoms with Crippen molar-refractivity contribution in [2.45, 2.75) is 116 Å². The molecule has 1 atom stereocenters. The van der Waals surface area contributed by atoms with Crippen LogP contribution >= 0.6 is 0 Å². The first-order chi connectivity index (χ1) is 29.1. The largest absolute Gasteiger partial charge is 0.507 e. The van der Waals surface area contributed by atoms with Crippen molar-refractivity contribution in [3.8, 4) is 18.2 Å². The Morgan fingerprint density at radius 2 is 1.35 bits per heavy atom. The number of allylic oxidation sites excluding steroid dienone is 7. The first-order valence-electron chi connectivity index (χ1n) is 21.3. The number of halogens is 3. The van der Waals surface area contributed by atoms with Crippen LogP contribution in [0, 0.1) is 39.4 Å². The van der Waals surface area contributed by atoms with Crippen LogP contribution in [0.25, 0.3) is 6.08 Å². The maximum atomic E-state index is 15.3. The molecule has 4 rings (SSSR count).